The molecular formula is C18H31N7O. The van der Waals surface area contributed by atoms with Crippen molar-refractivity contribution >= 4 is 11.9 Å². The summed E-state index contributed by atoms with van der Waals surface area (Å²) in [7, 11) is 0. The minimum Gasteiger partial charge on any atom is -0.379 e. The van der Waals surface area contributed by atoms with Gasteiger partial charge in [0.15, 0.2) is 5.96 Å². The molecule has 0 bridgehead atoms. The third-order valence-corrected chi connectivity index (χ3v) is 4.76. The summed E-state index contributed by atoms with van der Waals surface area (Å²) in [6.45, 7) is 10.2. The summed E-state index contributed by atoms with van der Waals surface area (Å²) < 4.78 is 5.36. The zero-order valence-corrected chi connectivity index (χ0v) is 15.8. The van der Waals surface area contributed by atoms with Crippen molar-refractivity contribution in [3.05, 3.63) is 17.5 Å². The Hall–Kier alpha value is -1.93. The number of ether oxygens (including phenoxy) is 1. The van der Waals surface area contributed by atoms with Crippen LogP contribution in [0, 0.1) is 6.92 Å². The van der Waals surface area contributed by atoms with Crippen LogP contribution < -0.4 is 16.0 Å². The van der Waals surface area contributed by atoms with E-state index >= 15 is 0 Å². The molecule has 3 N–H and O–H groups in total. The fraction of sp³-hybridized carbons (Fsp3) is 0.722. The molecule has 0 aliphatic carbocycles. The number of aromatic nitrogens is 2. The smallest absolute Gasteiger partial charge is 0.225 e. The first-order valence-corrected chi connectivity index (χ1v) is 9.64. The molecule has 0 unspecified atom stereocenters. The molecular weight excluding hydrogens is 330 g/mol. The monoisotopic (exact) mass is 361 g/mol. The van der Waals surface area contributed by atoms with Gasteiger partial charge >= 0.3 is 0 Å². The van der Waals surface area contributed by atoms with Crippen LogP contribution in [0.4, 0.5) is 5.95 Å². The largest absolute Gasteiger partial charge is 0.379 e. The summed E-state index contributed by atoms with van der Waals surface area (Å²) in [5.41, 5.74) is 7.88. The average Bonchev–Trinajstić information content (AvgIpc) is 3.19. The maximum absolute atomic E-state index is 5.99. The number of aryl methyl sites for hydroxylation is 1. The molecule has 0 atom stereocenters. The van der Waals surface area contributed by atoms with Gasteiger partial charge in [-0.15, -0.1) is 0 Å². The molecule has 0 saturated carbocycles. The highest BCUT2D eigenvalue weighted by molar-refractivity contribution is 5.77. The van der Waals surface area contributed by atoms with E-state index in [1.807, 2.05) is 13.0 Å². The van der Waals surface area contributed by atoms with Gasteiger partial charge in [0.05, 0.1) is 25.5 Å². The lowest BCUT2D eigenvalue weighted by Gasteiger charge is -2.26. The van der Waals surface area contributed by atoms with Gasteiger partial charge in [-0.25, -0.2) is 15.0 Å². The zero-order valence-electron chi connectivity index (χ0n) is 15.8. The van der Waals surface area contributed by atoms with Gasteiger partial charge in [0.2, 0.25) is 5.95 Å². The van der Waals surface area contributed by atoms with E-state index in [0.29, 0.717) is 12.5 Å². The fourth-order valence-electron chi connectivity index (χ4n) is 3.32. The second-order valence-electron chi connectivity index (χ2n) is 6.93. The van der Waals surface area contributed by atoms with Crippen LogP contribution in [0.15, 0.2) is 11.1 Å². The summed E-state index contributed by atoms with van der Waals surface area (Å²) in [6.07, 6.45) is 3.47. The molecule has 0 radical (unpaired) electrons. The third-order valence-electron chi connectivity index (χ3n) is 4.76. The Labute approximate surface area is 155 Å². The minimum atomic E-state index is 0.478. The lowest BCUT2D eigenvalue weighted by molar-refractivity contribution is 0.0376. The predicted molar refractivity (Wildman–Crippen MR) is 103 cm³/mol. The number of hydrogen-bond acceptors (Lipinski definition) is 6. The van der Waals surface area contributed by atoms with Crippen LogP contribution in [0.1, 0.15) is 30.7 Å². The highest BCUT2D eigenvalue weighted by Gasteiger charge is 2.15. The molecule has 2 fully saturated rings. The van der Waals surface area contributed by atoms with Crippen molar-refractivity contribution in [3.8, 4) is 0 Å². The summed E-state index contributed by atoms with van der Waals surface area (Å²) >= 11 is 0. The Morgan fingerprint density at radius 3 is 2.77 bits per heavy atom. The van der Waals surface area contributed by atoms with Crippen LogP contribution >= 0.6 is 0 Å². The number of anilines is 1. The minimum absolute atomic E-state index is 0.478. The summed E-state index contributed by atoms with van der Waals surface area (Å²) in [6, 6.07) is 1.98. The molecule has 8 nitrogen and oxygen atoms in total. The topological polar surface area (TPSA) is 91.9 Å². The highest BCUT2D eigenvalue weighted by atomic mass is 16.5. The molecule has 26 heavy (non-hydrogen) atoms. The number of hydrogen-bond donors (Lipinski definition) is 2. The van der Waals surface area contributed by atoms with Crippen molar-refractivity contribution in [2.75, 3.05) is 57.4 Å². The molecule has 8 heteroatoms. The van der Waals surface area contributed by atoms with Crippen molar-refractivity contribution in [1.29, 1.82) is 0 Å². The van der Waals surface area contributed by atoms with Crippen LogP contribution in [0.2, 0.25) is 0 Å². The van der Waals surface area contributed by atoms with E-state index in [0.717, 1.165) is 76.2 Å². The molecule has 2 saturated heterocycles. The average molecular weight is 361 g/mol. The fourth-order valence-corrected chi connectivity index (χ4v) is 3.32. The number of nitrogens with one attached hydrogen (secondary N) is 1. The van der Waals surface area contributed by atoms with Crippen molar-refractivity contribution in [3.63, 3.8) is 0 Å². The van der Waals surface area contributed by atoms with Gasteiger partial charge in [-0.2, -0.15) is 0 Å². The van der Waals surface area contributed by atoms with Gasteiger partial charge < -0.3 is 20.7 Å². The second kappa shape index (κ2) is 9.68. The van der Waals surface area contributed by atoms with Crippen molar-refractivity contribution in [1.82, 2.24) is 20.2 Å². The molecule has 3 heterocycles. The quantitative estimate of drug-likeness (QED) is 0.415. The van der Waals surface area contributed by atoms with Gasteiger partial charge in [0.1, 0.15) is 0 Å². The second-order valence-corrected chi connectivity index (χ2v) is 6.93. The van der Waals surface area contributed by atoms with Gasteiger partial charge in [0, 0.05) is 38.4 Å². The Bertz CT molecular complexity index is 595. The van der Waals surface area contributed by atoms with Crippen LogP contribution in [0.25, 0.3) is 0 Å². The number of guanidine groups is 1. The summed E-state index contributed by atoms with van der Waals surface area (Å²) in [4.78, 5) is 18.3. The Balaban J connectivity index is 1.43. The molecule has 0 amide bonds. The van der Waals surface area contributed by atoms with Crippen LogP contribution in [-0.4, -0.2) is 73.3 Å². The lowest BCUT2D eigenvalue weighted by atomic mass is 10.3. The first-order chi connectivity index (χ1) is 12.7. The SMILES string of the molecule is Cc1cc(CN=C(N)NCCCN2CCOCC2)nc(N2CCCC2)n1. The van der Waals surface area contributed by atoms with Crippen LogP contribution in [0.5, 0.6) is 0 Å². The van der Waals surface area contributed by atoms with Crippen LogP contribution in [-0.2, 0) is 11.3 Å². The number of nitrogens with zero attached hydrogens (tertiary/aromatic N) is 5. The molecule has 2 aliphatic heterocycles. The van der Waals surface area contributed by atoms with Gasteiger partial charge in [-0.3, -0.25) is 4.90 Å². The number of aliphatic imine (C=N–C) groups is 1. The van der Waals surface area contributed by atoms with Gasteiger partial charge in [0.25, 0.3) is 0 Å². The van der Waals surface area contributed by atoms with Crippen LogP contribution in [0.3, 0.4) is 0 Å². The predicted octanol–water partition coefficient (Wildman–Crippen LogP) is 0.512. The van der Waals surface area contributed by atoms with E-state index in [4.69, 9.17) is 10.5 Å². The van der Waals surface area contributed by atoms with E-state index in [9.17, 15) is 0 Å². The van der Waals surface area contributed by atoms with E-state index in [2.05, 4.69) is 30.1 Å². The molecule has 2 aliphatic rings. The lowest BCUT2D eigenvalue weighted by Crippen LogP contribution is -2.39. The van der Waals surface area contributed by atoms with E-state index in [1.165, 1.54) is 12.8 Å². The number of nitrogens with two attached hydrogens (primary N) is 1. The molecule has 1 aromatic heterocycles. The van der Waals surface area contributed by atoms with Crippen molar-refractivity contribution in [2.45, 2.75) is 32.7 Å². The third kappa shape index (κ3) is 5.81. The zero-order chi connectivity index (χ0) is 18.2. The summed E-state index contributed by atoms with van der Waals surface area (Å²) in [5, 5.41) is 3.19. The standard InChI is InChI=1S/C18H31N7O/c1-15-13-16(23-18(22-15)25-7-2-3-8-25)14-21-17(19)20-5-4-6-24-9-11-26-12-10-24/h13H,2-12,14H2,1H3,(H3,19,20,21). The van der Waals surface area contributed by atoms with Gasteiger partial charge in [-0.1, -0.05) is 0 Å². The Morgan fingerprint density at radius 2 is 2.00 bits per heavy atom. The van der Waals surface area contributed by atoms with Gasteiger partial charge in [-0.05, 0) is 38.8 Å². The maximum atomic E-state index is 5.99. The maximum Gasteiger partial charge on any atom is 0.225 e. The number of rotatable bonds is 7. The molecule has 1 aromatic rings. The Morgan fingerprint density at radius 1 is 1.23 bits per heavy atom. The van der Waals surface area contributed by atoms with E-state index < -0.39 is 0 Å². The first kappa shape index (κ1) is 18.8. The van der Waals surface area contributed by atoms with E-state index in [-0.39, 0.29) is 0 Å². The summed E-state index contributed by atoms with van der Waals surface area (Å²) in [5.74, 6) is 1.30. The molecule has 0 spiro atoms. The Kier molecular flexibility index (Phi) is 7.02. The normalized spacial score (nSPS) is 19.1. The van der Waals surface area contributed by atoms with Crippen molar-refractivity contribution < 1.29 is 4.74 Å². The highest BCUT2D eigenvalue weighted by Crippen LogP contribution is 2.16. The number of morpholine rings is 1. The van der Waals surface area contributed by atoms with Crippen molar-refractivity contribution in [2.24, 2.45) is 10.7 Å². The van der Waals surface area contributed by atoms with E-state index in [1.54, 1.807) is 0 Å². The molecule has 144 valence electrons. The first-order valence-electron chi connectivity index (χ1n) is 9.64. The molecule has 0 aromatic carbocycles. The molecule has 3 rings (SSSR count).